The molecule has 2 aliphatic heterocycles. The molecule has 1 N–H and O–H groups in total. The van der Waals surface area contributed by atoms with E-state index in [0.717, 1.165) is 18.7 Å². The average Bonchev–Trinajstić information content (AvgIpc) is 2.76. The molecule has 2 heterocycles. The number of nitrogens with zero attached hydrogens (tertiary/aromatic N) is 1. The minimum atomic E-state index is 0.0375. The lowest BCUT2D eigenvalue weighted by Gasteiger charge is -2.35. The molecule has 5 nitrogen and oxygen atoms in total. The topological polar surface area (TPSA) is 50.8 Å². The van der Waals surface area contributed by atoms with Crippen molar-refractivity contribution in [3.63, 3.8) is 0 Å². The van der Waals surface area contributed by atoms with Crippen molar-refractivity contribution < 1.29 is 14.3 Å². The highest BCUT2D eigenvalue weighted by molar-refractivity contribution is 6.01. The zero-order chi connectivity index (χ0) is 16.7. The summed E-state index contributed by atoms with van der Waals surface area (Å²) >= 11 is 0. The van der Waals surface area contributed by atoms with Crippen LogP contribution in [-0.4, -0.2) is 37.6 Å². The first kappa shape index (κ1) is 14.9. The van der Waals surface area contributed by atoms with E-state index in [4.69, 9.17) is 9.47 Å². The molecule has 2 aromatic rings. The van der Waals surface area contributed by atoms with Crippen LogP contribution in [0.1, 0.15) is 21.5 Å². The molecule has 2 aromatic carbocycles. The number of fused-ring (bicyclic) bond motifs is 3. The fourth-order valence-corrected chi connectivity index (χ4v) is 3.59. The lowest BCUT2D eigenvalue weighted by Crippen LogP contribution is -2.45. The first-order valence-corrected chi connectivity index (χ1v) is 8.09. The Labute approximate surface area is 141 Å². The Balaban J connectivity index is 1.75. The summed E-state index contributed by atoms with van der Waals surface area (Å²) < 4.78 is 10.7. The van der Waals surface area contributed by atoms with E-state index in [1.165, 1.54) is 11.1 Å². The van der Waals surface area contributed by atoms with Gasteiger partial charge in [-0.2, -0.15) is 0 Å². The lowest BCUT2D eigenvalue weighted by atomic mass is 9.94. The summed E-state index contributed by atoms with van der Waals surface area (Å²) in [7, 11) is 3.18. The van der Waals surface area contributed by atoms with E-state index in [-0.39, 0.29) is 11.9 Å². The number of carbonyl (C=O) groups is 1. The largest absolute Gasteiger partial charge is 0.493 e. The van der Waals surface area contributed by atoms with Crippen LogP contribution >= 0.6 is 0 Å². The van der Waals surface area contributed by atoms with Crippen molar-refractivity contribution in [3.8, 4) is 11.5 Å². The van der Waals surface area contributed by atoms with Crippen LogP contribution in [0.25, 0.3) is 0 Å². The Hall–Kier alpha value is -2.69. The number of amides is 1. The third-order valence-electron chi connectivity index (χ3n) is 4.90. The van der Waals surface area contributed by atoms with Gasteiger partial charge in [0.15, 0.2) is 11.5 Å². The molecule has 5 heteroatoms. The van der Waals surface area contributed by atoms with Gasteiger partial charge in [0.25, 0.3) is 5.91 Å². The molecular formula is C19H20N2O3. The summed E-state index contributed by atoms with van der Waals surface area (Å²) in [5.41, 5.74) is 3.99. The number of benzene rings is 2. The van der Waals surface area contributed by atoms with Gasteiger partial charge >= 0.3 is 0 Å². The van der Waals surface area contributed by atoms with E-state index in [0.29, 0.717) is 23.6 Å². The van der Waals surface area contributed by atoms with Gasteiger partial charge in [0.2, 0.25) is 0 Å². The number of rotatable bonds is 2. The minimum absolute atomic E-state index is 0.0375. The number of carbonyl (C=O) groups excluding carboxylic acids is 1. The minimum Gasteiger partial charge on any atom is -0.493 e. The van der Waals surface area contributed by atoms with E-state index in [9.17, 15) is 4.79 Å². The third kappa shape index (κ3) is 2.28. The first-order valence-electron chi connectivity index (χ1n) is 8.09. The van der Waals surface area contributed by atoms with Crippen molar-refractivity contribution >= 4 is 11.6 Å². The summed E-state index contributed by atoms with van der Waals surface area (Å²) in [4.78, 5) is 15.1. The smallest absolute Gasteiger partial charge is 0.256 e. The summed E-state index contributed by atoms with van der Waals surface area (Å²) in [5.74, 6) is 1.23. The molecule has 0 spiro atoms. The van der Waals surface area contributed by atoms with Crippen molar-refractivity contribution in [3.05, 3.63) is 53.1 Å². The van der Waals surface area contributed by atoms with Gasteiger partial charge in [-0.05, 0) is 23.6 Å². The molecular weight excluding hydrogens is 304 g/mol. The standard InChI is InChI=1S/C19H20N2O3/c1-23-17-8-15-16(9-18(17)24-2)20-10-14-7-12-5-3-4-6-13(12)11-21(14)19(15)22/h3-6,8-9,14,20H,7,10-11H2,1-2H3/t14-/m0/s1. The van der Waals surface area contributed by atoms with Crippen molar-refractivity contribution in [2.24, 2.45) is 0 Å². The fraction of sp³-hybridized carbons (Fsp3) is 0.316. The second kappa shape index (κ2) is 5.74. The van der Waals surface area contributed by atoms with Crippen LogP contribution in [0.4, 0.5) is 5.69 Å². The Morgan fingerprint density at radius 2 is 1.79 bits per heavy atom. The summed E-state index contributed by atoms with van der Waals surface area (Å²) in [6, 6.07) is 12.1. The van der Waals surface area contributed by atoms with Crippen LogP contribution in [0.15, 0.2) is 36.4 Å². The maximum Gasteiger partial charge on any atom is 0.256 e. The Kier molecular flexibility index (Phi) is 3.56. The van der Waals surface area contributed by atoms with Gasteiger partial charge in [0, 0.05) is 19.2 Å². The molecule has 0 fully saturated rings. The Morgan fingerprint density at radius 1 is 1.08 bits per heavy atom. The highest BCUT2D eigenvalue weighted by Crippen LogP contribution is 2.37. The van der Waals surface area contributed by atoms with Gasteiger partial charge in [0.05, 0.1) is 31.5 Å². The molecule has 0 aliphatic carbocycles. The second-order valence-corrected chi connectivity index (χ2v) is 6.19. The van der Waals surface area contributed by atoms with Gasteiger partial charge in [-0.3, -0.25) is 4.79 Å². The van der Waals surface area contributed by atoms with Crippen molar-refractivity contribution in [2.75, 3.05) is 26.1 Å². The molecule has 124 valence electrons. The fourth-order valence-electron chi connectivity index (χ4n) is 3.59. The monoisotopic (exact) mass is 324 g/mol. The van der Waals surface area contributed by atoms with E-state index in [2.05, 4.69) is 23.5 Å². The van der Waals surface area contributed by atoms with E-state index in [1.54, 1.807) is 20.3 Å². The number of hydrogen-bond donors (Lipinski definition) is 1. The predicted molar refractivity (Wildman–Crippen MR) is 91.8 cm³/mol. The third-order valence-corrected chi connectivity index (χ3v) is 4.90. The zero-order valence-corrected chi connectivity index (χ0v) is 13.8. The SMILES string of the molecule is COc1cc2c(cc1OC)C(=O)N1Cc3ccccc3C[C@H]1CN2. The van der Waals surface area contributed by atoms with Gasteiger partial charge in [-0.25, -0.2) is 0 Å². The number of hydrogen-bond acceptors (Lipinski definition) is 4. The molecule has 0 unspecified atom stereocenters. The quantitative estimate of drug-likeness (QED) is 0.923. The molecule has 2 aliphatic rings. The van der Waals surface area contributed by atoms with Crippen LogP contribution in [0, 0.1) is 0 Å². The van der Waals surface area contributed by atoms with Crippen LogP contribution < -0.4 is 14.8 Å². The molecule has 0 saturated heterocycles. The maximum absolute atomic E-state index is 13.1. The number of nitrogens with one attached hydrogen (secondary N) is 1. The summed E-state index contributed by atoms with van der Waals surface area (Å²) in [6.45, 7) is 1.37. The highest BCUT2D eigenvalue weighted by Gasteiger charge is 2.34. The van der Waals surface area contributed by atoms with Crippen LogP contribution in [0.5, 0.6) is 11.5 Å². The molecule has 1 atom stereocenters. The Bertz CT molecular complexity index is 803. The van der Waals surface area contributed by atoms with Crippen LogP contribution in [0.2, 0.25) is 0 Å². The molecule has 0 radical (unpaired) electrons. The summed E-state index contributed by atoms with van der Waals surface area (Å²) in [6.07, 6.45) is 0.872. The normalized spacial score (nSPS) is 18.7. The van der Waals surface area contributed by atoms with Crippen molar-refractivity contribution in [1.29, 1.82) is 0 Å². The van der Waals surface area contributed by atoms with Crippen molar-refractivity contribution in [2.45, 2.75) is 19.0 Å². The van der Waals surface area contributed by atoms with Gasteiger partial charge in [0.1, 0.15) is 0 Å². The first-order chi connectivity index (χ1) is 11.7. The average molecular weight is 324 g/mol. The van der Waals surface area contributed by atoms with Crippen molar-refractivity contribution in [1.82, 2.24) is 4.90 Å². The van der Waals surface area contributed by atoms with Gasteiger partial charge in [-0.15, -0.1) is 0 Å². The molecule has 4 rings (SSSR count). The van der Waals surface area contributed by atoms with E-state index in [1.807, 2.05) is 17.0 Å². The number of ether oxygens (including phenoxy) is 2. The molecule has 1 amide bonds. The molecule has 0 bridgehead atoms. The number of methoxy groups -OCH3 is 2. The van der Waals surface area contributed by atoms with E-state index >= 15 is 0 Å². The Morgan fingerprint density at radius 3 is 2.54 bits per heavy atom. The second-order valence-electron chi connectivity index (χ2n) is 6.19. The predicted octanol–water partition coefficient (Wildman–Crippen LogP) is 2.70. The summed E-state index contributed by atoms with van der Waals surface area (Å²) in [5, 5.41) is 3.41. The molecule has 0 saturated carbocycles. The number of anilines is 1. The highest BCUT2D eigenvalue weighted by atomic mass is 16.5. The van der Waals surface area contributed by atoms with Gasteiger partial charge in [-0.1, -0.05) is 24.3 Å². The van der Waals surface area contributed by atoms with Crippen LogP contribution in [-0.2, 0) is 13.0 Å². The molecule has 0 aromatic heterocycles. The van der Waals surface area contributed by atoms with E-state index < -0.39 is 0 Å². The van der Waals surface area contributed by atoms with Crippen LogP contribution in [0.3, 0.4) is 0 Å². The van der Waals surface area contributed by atoms with Gasteiger partial charge < -0.3 is 19.7 Å². The zero-order valence-electron chi connectivity index (χ0n) is 13.8. The maximum atomic E-state index is 13.1. The molecule has 24 heavy (non-hydrogen) atoms. The lowest BCUT2D eigenvalue weighted by molar-refractivity contribution is 0.0660.